The Hall–Kier alpha value is -3.24. The van der Waals surface area contributed by atoms with Crippen molar-refractivity contribution < 1.29 is 0 Å². The Kier molecular flexibility index (Phi) is 5.82. The van der Waals surface area contributed by atoms with E-state index in [0.717, 1.165) is 29.8 Å². The van der Waals surface area contributed by atoms with Crippen LogP contribution in [0.2, 0.25) is 0 Å². The van der Waals surface area contributed by atoms with E-state index < -0.39 is 0 Å². The molecule has 0 aliphatic rings. The van der Waals surface area contributed by atoms with E-state index >= 15 is 0 Å². The average molecular weight is 383 g/mol. The summed E-state index contributed by atoms with van der Waals surface area (Å²) < 4.78 is 0. The summed E-state index contributed by atoms with van der Waals surface area (Å²) in [4.78, 5) is 8.85. The summed E-state index contributed by atoms with van der Waals surface area (Å²) in [5.74, 6) is 0.882. The lowest BCUT2D eigenvalue weighted by atomic mass is 10.0. The molecule has 0 spiro atoms. The van der Waals surface area contributed by atoms with E-state index in [-0.39, 0.29) is 0 Å². The van der Waals surface area contributed by atoms with Gasteiger partial charge in [-0.2, -0.15) is 0 Å². The number of fused-ring (bicyclic) bond motifs is 1. The molecule has 4 rings (SSSR count). The first-order valence-corrected chi connectivity index (χ1v) is 10.0. The predicted octanol–water partition coefficient (Wildman–Crippen LogP) is 5.41. The lowest BCUT2D eigenvalue weighted by Crippen LogP contribution is -2.12. The van der Waals surface area contributed by atoms with E-state index in [1.54, 1.807) is 6.33 Å². The molecule has 0 amide bonds. The molecule has 0 atom stereocenters. The molecule has 1 aromatic heterocycles. The van der Waals surface area contributed by atoms with E-state index in [0.29, 0.717) is 6.04 Å². The Morgan fingerprint density at radius 3 is 2.34 bits per heavy atom. The molecule has 29 heavy (non-hydrogen) atoms. The number of benzene rings is 3. The van der Waals surface area contributed by atoms with E-state index in [1.807, 2.05) is 6.07 Å². The van der Waals surface area contributed by atoms with E-state index in [2.05, 4.69) is 101 Å². The van der Waals surface area contributed by atoms with Crippen molar-refractivity contribution in [2.75, 3.05) is 5.32 Å². The Balaban J connectivity index is 1.55. The van der Waals surface area contributed by atoms with Gasteiger partial charge in [-0.15, -0.1) is 0 Å². The van der Waals surface area contributed by atoms with Crippen LogP contribution in [0.15, 0.2) is 79.1 Å². The predicted molar refractivity (Wildman–Crippen MR) is 121 cm³/mol. The van der Waals surface area contributed by atoms with Gasteiger partial charge in [0.15, 0.2) is 0 Å². The van der Waals surface area contributed by atoms with Crippen molar-refractivity contribution in [2.45, 2.75) is 33.0 Å². The van der Waals surface area contributed by atoms with Crippen LogP contribution in [-0.4, -0.2) is 16.0 Å². The van der Waals surface area contributed by atoms with Crippen molar-refractivity contribution in [1.29, 1.82) is 0 Å². The Labute approximate surface area is 172 Å². The third kappa shape index (κ3) is 4.79. The molecule has 0 saturated heterocycles. The van der Waals surface area contributed by atoms with Crippen molar-refractivity contribution in [1.82, 2.24) is 15.3 Å². The summed E-state index contributed by atoms with van der Waals surface area (Å²) in [6, 6.07) is 25.9. The molecule has 0 radical (unpaired) electrons. The van der Waals surface area contributed by atoms with Gasteiger partial charge < -0.3 is 10.6 Å². The summed E-state index contributed by atoms with van der Waals surface area (Å²) in [6.07, 6.45) is 1.62. The number of nitrogens with one attached hydrogen (secondary N) is 2. The van der Waals surface area contributed by atoms with Crippen molar-refractivity contribution in [3.05, 3.63) is 90.3 Å². The second kappa shape index (κ2) is 8.84. The van der Waals surface area contributed by atoms with Crippen LogP contribution in [0.4, 0.5) is 5.82 Å². The molecule has 4 aromatic rings. The zero-order valence-electron chi connectivity index (χ0n) is 16.9. The molecule has 0 aliphatic carbocycles. The quantitative estimate of drug-likeness (QED) is 0.449. The first kappa shape index (κ1) is 19.1. The molecule has 2 N–H and O–H groups in total. The summed E-state index contributed by atoms with van der Waals surface area (Å²) in [6.45, 7) is 5.93. The maximum Gasteiger partial charge on any atom is 0.137 e. The first-order valence-electron chi connectivity index (χ1n) is 10.0. The highest BCUT2D eigenvalue weighted by Gasteiger charge is 2.07. The maximum absolute atomic E-state index is 4.44. The van der Waals surface area contributed by atoms with Gasteiger partial charge in [-0.3, -0.25) is 0 Å². The van der Waals surface area contributed by atoms with Gasteiger partial charge in [-0.1, -0.05) is 54.6 Å². The summed E-state index contributed by atoms with van der Waals surface area (Å²) in [7, 11) is 0. The molecule has 0 unspecified atom stereocenters. The third-order valence-electron chi connectivity index (χ3n) is 4.82. The molecule has 4 heteroatoms. The van der Waals surface area contributed by atoms with Crippen LogP contribution in [-0.2, 0) is 13.1 Å². The minimum Gasteiger partial charge on any atom is -0.367 e. The van der Waals surface area contributed by atoms with Crippen molar-refractivity contribution in [2.24, 2.45) is 0 Å². The van der Waals surface area contributed by atoms with Crippen molar-refractivity contribution >= 4 is 16.7 Å². The largest absolute Gasteiger partial charge is 0.367 e. The van der Waals surface area contributed by atoms with E-state index in [9.17, 15) is 0 Å². The second-order valence-corrected chi connectivity index (χ2v) is 7.54. The van der Waals surface area contributed by atoms with Crippen LogP contribution in [0.3, 0.4) is 0 Å². The van der Waals surface area contributed by atoms with Gasteiger partial charge in [0, 0.05) is 24.5 Å². The van der Waals surface area contributed by atoms with Gasteiger partial charge in [0.05, 0.1) is 5.52 Å². The monoisotopic (exact) mass is 382 g/mol. The molecule has 3 aromatic carbocycles. The van der Waals surface area contributed by atoms with Gasteiger partial charge in [-0.25, -0.2) is 9.97 Å². The topological polar surface area (TPSA) is 49.8 Å². The number of aromatic nitrogens is 2. The molecule has 0 fully saturated rings. The lowest BCUT2D eigenvalue weighted by molar-refractivity contribution is 0.693. The lowest BCUT2D eigenvalue weighted by Gasteiger charge is -2.12. The molecule has 4 nitrogen and oxygen atoms in total. The summed E-state index contributed by atoms with van der Waals surface area (Å²) >= 11 is 0. The summed E-state index contributed by atoms with van der Waals surface area (Å²) in [5, 5.41) is 7.99. The number of rotatable bonds is 7. The van der Waals surface area contributed by atoms with E-state index in [1.165, 1.54) is 22.3 Å². The van der Waals surface area contributed by atoms with Crippen LogP contribution < -0.4 is 10.6 Å². The molecule has 0 aliphatic heterocycles. The number of hydrogen-bond acceptors (Lipinski definition) is 4. The van der Waals surface area contributed by atoms with Gasteiger partial charge in [-0.05, 0) is 54.3 Å². The van der Waals surface area contributed by atoms with Crippen molar-refractivity contribution in [3.8, 4) is 11.1 Å². The summed E-state index contributed by atoms with van der Waals surface area (Å²) in [5.41, 5.74) is 5.88. The molecular weight excluding hydrogens is 356 g/mol. The van der Waals surface area contributed by atoms with Crippen LogP contribution in [0.1, 0.15) is 25.0 Å². The number of nitrogens with zero attached hydrogens (tertiary/aromatic N) is 2. The third-order valence-corrected chi connectivity index (χ3v) is 4.82. The van der Waals surface area contributed by atoms with Gasteiger partial charge in [0.25, 0.3) is 0 Å². The van der Waals surface area contributed by atoms with Gasteiger partial charge >= 0.3 is 0 Å². The fourth-order valence-corrected chi connectivity index (χ4v) is 3.43. The first-order chi connectivity index (χ1) is 14.2. The highest BCUT2D eigenvalue weighted by Crippen LogP contribution is 2.27. The van der Waals surface area contributed by atoms with Crippen LogP contribution in [0.25, 0.3) is 22.0 Å². The smallest absolute Gasteiger partial charge is 0.137 e. The fourth-order valence-electron chi connectivity index (χ4n) is 3.43. The minimum atomic E-state index is 0.316. The molecule has 1 heterocycles. The number of hydrogen-bond donors (Lipinski definition) is 2. The molecule has 0 bridgehead atoms. The Bertz CT molecular complexity index is 1090. The normalized spacial score (nSPS) is 11.1. The van der Waals surface area contributed by atoms with Crippen molar-refractivity contribution in [3.63, 3.8) is 0 Å². The SMILES string of the molecule is CC(C)Nc1ncnc2ccc(-c3cccc(CNCc4ccccc4)c3)cc12. The Morgan fingerprint density at radius 1 is 0.759 bits per heavy atom. The zero-order valence-corrected chi connectivity index (χ0v) is 16.9. The minimum absolute atomic E-state index is 0.316. The zero-order chi connectivity index (χ0) is 20.1. The molecule has 146 valence electrons. The second-order valence-electron chi connectivity index (χ2n) is 7.54. The van der Waals surface area contributed by atoms with Crippen LogP contribution >= 0.6 is 0 Å². The average Bonchev–Trinajstić information content (AvgIpc) is 2.74. The van der Waals surface area contributed by atoms with E-state index in [4.69, 9.17) is 0 Å². The Morgan fingerprint density at radius 2 is 1.52 bits per heavy atom. The highest BCUT2D eigenvalue weighted by atomic mass is 15.0. The highest BCUT2D eigenvalue weighted by molar-refractivity contribution is 5.92. The van der Waals surface area contributed by atoms with Crippen LogP contribution in [0, 0.1) is 0 Å². The van der Waals surface area contributed by atoms with Gasteiger partial charge in [0.1, 0.15) is 12.1 Å². The van der Waals surface area contributed by atoms with Crippen LogP contribution in [0.5, 0.6) is 0 Å². The van der Waals surface area contributed by atoms with Gasteiger partial charge in [0.2, 0.25) is 0 Å². The fraction of sp³-hybridized carbons (Fsp3) is 0.200. The molecular formula is C25H26N4. The molecule has 0 saturated carbocycles. The maximum atomic E-state index is 4.44. The number of anilines is 1. The standard InChI is InChI=1S/C25H26N4/c1-18(2)29-25-23-14-22(11-12-24(23)27-17-28-25)21-10-6-9-20(13-21)16-26-15-19-7-4-3-5-8-19/h3-14,17-18,26H,15-16H2,1-2H3,(H,27,28,29).